The lowest BCUT2D eigenvalue weighted by molar-refractivity contribution is -0.0500. The van der Waals surface area contributed by atoms with E-state index in [1.165, 1.54) is 0 Å². The molecule has 1 fully saturated rings. The minimum Gasteiger partial charge on any atom is -0.456 e. The van der Waals surface area contributed by atoms with E-state index < -0.39 is 5.60 Å². The van der Waals surface area contributed by atoms with E-state index >= 15 is 0 Å². The number of nitrogens with one attached hydrogen (secondary N) is 1. The molecule has 21 heavy (non-hydrogen) atoms. The van der Waals surface area contributed by atoms with Crippen molar-refractivity contribution in [3.8, 4) is 0 Å². The van der Waals surface area contributed by atoms with E-state index in [2.05, 4.69) is 9.97 Å². The molecule has 1 aliphatic heterocycles. The predicted molar refractivity (Wildman–Crippen MR) is 79.3 cm³/mol. The summed E-state index contributed by atoms with van der Waals surface area (Å²) in [6.07, 6.45) is 2.15. The molecule has 0 saturated carbocycles. The van der Waals surface area contributed by atoms with Crippen LogP contribution in [0.1, 0.15) is 43.4 Å². The molecule has 0 aliphatic carbocycles. The van der Waals surface area contributed by atoms with Crippen LogP contribution in [0, 0.1) is 0 Å². The first-order valence-electron chi connectivity index (χ1n) is 7.24. The van der Waals surface area contributed by atoms with E-state index in [1.54, 1.807) is 12.1 Å². The van der Waals surface area contributed by atoms with Gasteiger partial charge >= 0.3 is 5.97 Å². The van der Waals surface area contributed by atoms with Crippen LogP contribution in [0.3, 0.4) is 0 Å². The molecule has 0 radical (unpaired) electrons. The Balaban J connectivity index is 1.80. The Morgan fingerprint density at radius 3 is 2.86 bits per heavy atom. The van der Waals surface area contributed by atoms with Gasteiger partial charge in [0.15, 0.2) is 0 Å². The molecule has 1 aliphatic rings. The molecule has 5 heteroatoms. The summed E-state index contributed by atoms with van der Waals surface area (Å²) in [4.78, 5) is 19.9. The molecule has 1 aromatic heterocycles. The maximum absolute atomic E-state index is 12.1. The first-order valence-corrected chi connectivity index (χ1v) is 7.24. The number of rotatable bonds is 3. The molecule has 1 saturated heterocycles. The smallest absolute Gasteiger partial charge is 0.338 e. The second-order valence-electron chi connectivity index (χ2n) is 6.40. The second-order valence-corrected chi connectivity index (χ2v) is 6.40. The maximum atomic E-state index is 12.1. The average molecular weight is 288 g/mol. The number of ether oxygens (including phenoxy) is 2. The summed E-state index contributed by atoms with van der Waals surface area (Å²) in [5, 5.41) is 0. The second kappa shape index (κ2) is 5.15. The van der Waals surface area contributed by atoms with Gasteiger partial charge in [0.05, 0.1) is 22.7 Å². The zero-order valence-electron chi connectivity index (χ0n) is 12.6. The third-order valence-electron chi connectivity index (χ3n) is 3.38. The van der Waals surface area contributed by atoms with Crippen molar-refractivity contribution in [3.63, 3.8) is 0 Å². The Hall–Kier alpha value is -1.88. The van der Waals surface area contributed by atoms with E-state index in [-0.39, 0.29) is 12.1 Å². The molecule has 0 bridgehead atoms. The van der Waals surface area contributed by atoms with Gasteiger partial charge in [-0.05, 0) is 45.4 Å². The number of aromatic nitrogens is 2. The van der Waals surface area contributed by atoms with Crippen LogP contribution >= 0.6 is 0 Å². The van der Waals surface area contributed by atoms with Crippen molar-refractivity contribution in [1.82, 2.24) is 9.97 Å². The van der Waals surface area contributed by atoms with Gasteiger partial charge < -0.3 is 14.5 Å². The van der Waals surface area contributed by atoms with E-state index in [0.29, 0.717) is 5.56 Å². The highest BCUT2D eigenvalue weighted by Crippen LogP contribution is 2.20. The number of hydrogen-bond acceptors (Lipinski definition) is 4. The molecular formula is C16H20N2O3. The van der Waals surface area contributed by atoms with Crippen LogP contribution in [0.15, 0.2) is 18.2 Å². The van der Waals surface area contributed by atoms with E-state index in [1.807, 2.05) is 26.8 Å². The van der Waals surface area contributed by atoms with Crippen molar-refractivity contribution in [2.24, 2.45) is 0 Å². The van der Waals surface area contributed by atoms with Crippen molar-refractivity contribution in [2.45, 2.75) is 45.3 Å². The van der Waals surface area contributed by atoms with Crippen LogP contribution in [0.5, 0.6) is 0 Å². The van der Waals surface area contributed by atoms with Gasteiger partial charge in [0, 0.05) is 13.0 Å². The van der Waals surface area contributed by atoms with Gasteiger partial charge in [0.2, 0.25) is 0 Å². The highest BCUT2D eigenvalue weighted by molar-refractivity contribution is 5.93. The zero-order chi connectivity index (χ0) is 15.0. The van der Waals surface area contributed by atoms with Crippen LogP contribution in [-0.4, -0.2) is 34.2 Å². The van der Waals surface area contributed by atoms with Crippen LogP contribution in [-0.2, 0) is 15.9 Å². The maximum Gasteiger partial charge on any atom is 0.338 e. The molecular weight excluding hydrogens is 268 g/mol. The quantitative estimate of drug-likeness (QED) is 0.882. The summed E-state index contributed by atoms with van der Waals surface area (Å²) in [5.41, 5.74) is 1.74. The number of nitrogens with zero attached hydrogens (tertiary/aromatic N) is 1. The lowest BCUT2D eigenvalue weighted by atomic mass is 10.1. The molecule has 0 amide bonds. The first kappa shape index (κ1) is 14.1. The Kier molecular flexibility index (Phi) is 3.45. The minimum absolute atomic E-state index is 0.274. The van der Waals surface area contributed by atoms with Gasteiger partial charge in [0.1, 0.15) is 11.4 Å². The minimum atomic E-state index is -0.496. The van der Waals surface area contributed by atoms with Crippen LogP contribution in [0.2, 0.25) is 0 Å². The normalized spacial score (nSPS) is 18.5. The summed E-state index contributed by atoms with van der Waals surface area (Å²) in [6, 6.07) is 5.40. The average Bonchev–Trinajstić information content (AvgIpc) is 2.73. The summed E-state index contributed by atoms with van der Waals surface area (Å²) < 4.78 is 10.8. The van der Waals surface area contributed by atoms with E-state index in [9.17, 15) is 4.79 Å². The number of benzene rings is 1. The van der Waals surface area contributed by atoms with Crippen molar-refractivity contribution in [2.75, 3.05) is 6.61 Å². The van der Waals surface area contributed by atoms with Gasteiger partial charge in [-0.1, -0.05) is 0 Å². The lowest BCUT2D eigenvalue weighted by Gasteiger charge is -2.25. The summed E-state index contributed by atoms with van der Waals surface area (Å²) in [5.74, 6) is 0.576. The van der Waals surface area contributed by atoms with Crippen molar-refractivity contribution < 1.29 is 14.3 Å². The molecule has 5 nitrogen and oxygen atoms in total. The molecule has 3 rings (SSSR count). The number of carbonyl (C=O) groups is 1. The fourth-order valence-corrected chi connectivity index (χ4v) is 2.28. The fraction of sp³-hybridized carbons (Fsp3) is 0.500. The summed E-state index contributed by atoms with van der Waals surface area (Å²) >= 11 is 0. The molecule has 2 aromatic rings. The van der Waals surface area contributed by atoms with Gasteiger partial charge in [-0.15, -0.1) is 0 Å². The first-order chi connectivity index (χ1) is 9.90. The molecule has 0 unspecified atom stereocenters. The van der Waals surface area contributed by atoms with Crippen LogP contribution in [0.4, 0.5) is 0 Å². The molecule has 112 valence electrons. The van der Waals surface area contributed by atoms with Gasteiger partial charge in [0.25, 0.3) is 0 Å². The van der Waals surface area contributed by atoms with Crippen LogP contribution < -0.4 is 0 Å². The molecule has 1 N–H and O–H groups in total. The van der Waals surface area contributed by atoms with Crippen molar-refractivity contribution >= 4 is 17.0 Å². The predicted octanol–water partition coefficient (Wildman–Crippen LogP) is 2.85. The lowest BCUT2D eigenvalue weighted by Crippen LogP contribution is -2.29. The topological polar surface area (TPSA) is 64.2 Å². The number of carbonyl (C=O) groups excluding carboxylic acids is 1. The Morgan fingerprint density at radius 1 is 1.48 bits per heavy atom. The van der Waals surface area contributed by atoms with Gasteiger partial charge in [-0.25, -0.2) is 9.78 Å². The number of H-pyrrole nitrogens is 1. The van der Waals surface area contributed by atoms with E-state index in [4.69, 9.17) is 9.47 Å². The fourth-order valence-electron chi connectivity index (χ4n) is 2.28. The molecule has 1 atom stereocenters. The summed E-state index contributed by atoms with van der Waals surface area (Å²) in [6.45, 7) is 6.41. The Morgan fingerprint density at radius 2 is 2.24 bits per heavy atom. The van der Waals surface area contributed by atoms with Crippen molar-refractivity contribution in [1.29, 1.82) is 0 Å². The van der Waals surface area contributed by atoms with Crippen molar-refractivity contribution in [3.05, 3.63) is 29.6 Å². The third kappa shape index (κ3) is 3.24. The Labute approximate surface area is 123 Å². The number of esters is 1. The van der Waals surface area contributed by atoms with Crippen LogP contribution in [0.25, 0.3) is 11.0 Å². The third-order valence-corrected chi connectivity index (χ3v) is 3.38. The number of fused-ring (bicyclic) bond motifs is 1. The molecule has 2 heterocycles. The number of imidazole rings is 1. The summed E-state index contributed by atoms with van der Waals surface area (Å²) in [7, 11) is 0. The van der Waals surface area contributed by atoms with E-state index in [0.717, 1.165) is 36.3 Å². The van der Waals surface area contributed by atoms with Gasteiger partial charge in [-0.3, -0.25) is 0 Å². The standard InChI is InChI=1S/C16H20N2O3/c1-16(2,3)21-15(19)10-4-5-12-13(8-10)18-14(17-12)9-11-6-7-20-11/h4-5,8,11H,6-7,9H2,1-3H3,(H,17,18)/t11-/m1/s1. The van der Waals surface area contributed by atoms with Gasteiger partial charge in [-0.2, -0.15) is 0 Å². The highest BCUT2D eigenvalue weighted by Gasteiger charge is 2.21. The monoisotopic (exact) mass is 288 g/mol. The largest absolute Gasteiger partial charge is 0.456 e. The highest BCUT2D eigenvalue weighted by atomic mass is 16.6. The molecule has 0 spiro atoms. The number of hydrogen-bond donors (Lipinski definition) is 1. The SMILES string of the molecule is CC(C)(C)OC(=O)c1ccc2[nH]c(C[C@H]3CCO3)nc2c1. The Bertz CT molecular complexity index is 666. The number of aromatic amines is 1. The zero-order valence-corrected chi connectivity index (χ0v) is 12.6. The molecule has 1 aromatic carbocycles.